The quantitative estimate of drug-likeness (QED) is 0.591. The van der Waals surface area contributed by atoms with Crippen LogP contribution >= 0.6 is 0 Å². The van der Waals surface area contributed by atoms with E-state index in [0.29, 0.717) is 11.8 Å². The fourth-order valence-electron chi connectivity index (χ4n) is 2.40. The standard InChI is InChI=1S/C10H17NO/c12-10-6-2-1-5-9(10)11-7-3-4-8-11/h9H,1-8H2/t9-/m0/s1. The van der Waals surface area contributed by atoms with Gasteiger partial charge in [0, 0.05) is 6.42 Å². The molecule has 0 aromatic heterocycles. The highest BCUT2D eigenvalue weighted by atomic mass is 16.1. The van der Waals surface area contributed by atoms with Gasteiger partial charge in [0.25, 0.3) is 0 Å². The molecular formula is C10H17NO. The average molecular weight is 167 g/mol. The third kappa shape index (κ3) is 1.53. The molecule has 2 fully saturated rings. The number of likely N-dealkylation sites (tertiary alicyclic amines) is 1. The zero-order chi connectivity index (χ0) is 8.39. The van der Waals surface area contributed by atoms with Crippen molar-refractivity contribution in [1.82, 2.24) is 4.90 Å². The van der Waals surface area contributed by atoms with Crippen LogP contribution in [0.3, 0.4) is 0 Å². The van der Waals surface area contributed by atoms with Crippen LogP contribution in [0.2, 0.25) is 0 Å². The molecular weight excluding hydrogens is 150 g/mol. The summed E-state index contributed by atoms with van der Waals surface area (Å²) >= 11 is 0. The van der Waals surface area contributed by atoms with Gasteiger partial charge < -0.3 is 0 Å². The largest absolute Gasteiger partial charge is 0.298 e. The number of Topliss-reactive ketones (excluding diaryl/α,β-unsaturated/α-hetero) is 1. The normalized spacial score (nSPS) is 32.7. The number of ketones is 1. The molecule has 1 aliphatic heterocycles. The highest BCUT2D eigenvalue weighted by molar-refractivity contribution is 5.84. The maximum atomic E-state index is 11.5. The van der Waals surface area contributed by atoms with Gasteiger partial charge in [0.1, 0.15) is 5.78 Å². The molecule has 1 saturated carbocycles. The zero-order valence-electron chi connectivity index (χ0n) is 7.59. The first-order chi connectivity index (χ1) is 5.88. The van der Waals surface area contributed by atoms with Gasteiger partial charge in [-0.15, -0.1) is 0 Å². The topological polar surface area (TPSA) is 20.3 Å². The number of carbonyl (C=O) groups excluding carboxylic acids is 1. The summed E-state index contributed by atoms with van der Waals surface area (Å²) in [6.45, 7) is 2.33. The van der Waals surface area contributed by atoms with Crippen LogP contribution in [0.1, 0.15) is 38.5 Å². The molecule has 1 aliphatic carbocycles. The first kappa shape index (κ1) is 8.24. The van der Waals surface area contributed by atoms with E-state index in [1.54, 1.807) is 0 Å². The SMILES string of the molecule is O=C1CCCC[C@@H]1N1CCCC1. The molecule has 0 amide bonds. The minimum atomic E-state index is 0.307. The summed E-state index contributed by atoms with van der Waals surface area (Å²) in [6.07, 6.45) is 6.93. The Balaban J connectivity index is 1.95. The van der Waals surface area contributed by atoms with Crippen LogP contribution in [-0.2, 0) is 4.79 Å². The molecule has 2 aliphatic rings. The maximum Gasteiger partial charge on any atom is 0.149 e. The molecule has 0 bridgehead atoms. The van der Waals surface area contributed by atoms with Crippen LogP contribution in [0.15, 0.2) is 0 Å². The molecule has 0 radical (unpaired) electrons. The average Bonchev–Trinajstić information content (AvgIpc) is 2.57. The Morgan fingerprint density at radius 3 is 2.50 bits per heavy atom. The van der Waals surface area contributed by atoms with Crippen molar-refractivity contribution < 1.29 is 4.79 Å². The van der Waals surface area contributed by atoms with Crippen LogP contribution in [-0.4, -0.2) is 29.8 Å². The molecule has 68 valence electrons. The van der Waals surface area contributed by atoms with Gasteiger partial charge in [-0.3, -0.25) is 9.69 Å². The second-order valence-corrected chi connectivity index (χ2v) is 3.97. The summed E-state index contributed by atoms with van der Waals surface area (Å²) in [5.41, 5.74) is 0. The number of nitrogens with zero attached hydrogens (tertiary/aromatic N) is 1. The summed E-state index contributed by atoms with van der Waals surface area (Å²) in [7, 11) is 0. The summed E-state index contributed by atoms with van der Waals surface area (Å²) in [6, 6.07) is 0.307. The van der Waals surface area contributed by atoms with Gasteiger partial charge in [0.05, 0.1) is 6.04 Å². The third-order valence-electron chi connectivity index (χ3n) is 3.10. The minimum absolute atomic E-state index is 0.307. The van der Waals surface area contributed by atoms with Crippen LogP contribution in [0.25, 0.3) is 0 Å². The Morgan fingerprint density at radius 2 is 1.83 bits per heavy atom. The smallest absolute Gasteiger partial charge is 0.149 e. The summed E-state index contributed by atoms with van der Waals surface area (Å²) in [4.78, 5) is 13.9. The van der Waals surface area contributed by atoms with Crippen molar-refractivity contribution in [1.29, 1.82) is 0 Å². The molecule has 0 spiro atoms. The lowest BCUT2D eigenvalue weighted by atomic mass is 9.93. The summed E-state index contributed by atoms with van der Waals surface area (Å²) < 4.78 is 0. The van der Waals surface area contributed by atoms with Gasteiger partial charge in [-0.05, 0) is 38.8 Å². The second-order valence-electron chi connectivity index (χ2n) is 3.97. The fourth-order valence-corrected chi connectivity index (χ4v) is 2.40. The van der Waals surface area contributed by atoms with E-state index in [4.69, 9.17) is 0 Å². The maximum absolute atomic E-state index is 11.5. The van der Waals surface area contributed by atoms with Gasteiger partial charge >= 0.3 is 0 Å². The summed E-state index contributed by atoms with van der Waals surface area (Å²) in [5.74, 6) is 0.503. The molecule has 2 rings (SSSR count). The molecule has 0 aromatic carbocycles. The van der Waals surface area contributed by atoms with E-state index in [9.17, 15) is 4.79 Å². The zero-order valence-corrected chi connectivity index (χ0v) is 7.59. The Kier molecular flexibility index (Phi) is 2.45. The van der Waals surface area contributed by atoms with Crippen molar-refractivity contribution in [3.63, 3.8) is 0 Å². The monoisotopic (exact) mass is 167 g/mol. The first-order valence-electron chi connectivity index (χ1n) is 5.15. The Morgan fingerprint density at radius 1 is 1.08 bits per heavy atom. The third-order valence-corrected chi connectivity index (χ3v) is 3.10. The van der Waals surface area contributed by atoms with Crippen molar-refractivity contribution in [3.05, 3.63) is 0 Å². The van der Waals surface area contributed by atoms with Crippen LogP contribution in [0, 0.1) is 0 Å². The van der Waals surface area contributed by atoms with Gasteiger partial charge in [-0.2, -0.15) is 0 Å². The number of hydrogen-bond acceptors (Lipinski definition) is 2. The first-order valence-corrected chi connectivity index (χ1v) is 5.15. The predicted octanol–water partition coefficient (Wildman–Crippen LogP) is 1.59. The van der Waals surface area contributed by atoms with E-state index in [2.05, 4.69) is 4.90 Å². The van der Waals surface area contributed by atoms with Crippen molar-refractivity contribution >= 4 is 5.78 Å². The molecule has 2 nitrogen and oxygen atoms in total. The minimum Gasteiger partial charge on any atom is -0.298 e. The molecule has 1 heterocycles. The van der Waals surface area contributed by atoms with Crippen molar-refractivity contribution in [2.45, 2.75) is 44.6 Å². The van der Waals surface area contributed by atoms with Crippen molar-refractivity contribution in [2.24, 2.45) is 0 Å². The second kappa shape index (κ2) is 3.56. The van der Waals surface area contributed by atoms with Gasteiger partial charge in [0.2, 0.25) is 0 Å². The Hall–Kier alpha value is -0.370. The van der Waals surface area contributed by atoms with Crippen LogP contribution in [0.4, 0.5) is 0 Å². The van der Waals surface area contributed by atoms with Crippen molar-refractivity contribution in [3.8, 4) is 0 Å². The van der Waals surface area contributed by atoms with Crippen LogP contribution < -0.4 is 0 Å². The number of hydrogen-bond donors (Lipinski definition) is 0. The molecule has 0 aromatic rings. The predicted molar refractivity (Wildman–Crippen MR) is 48.1 cm³/mol. The molecule has 1 atom stereocenters. The van der Waals surface area contributed by atoms with E-state index < -0.39 is 0 Å². The highest BCUT2D eigenvalue weighted by Crippen LogP contribution is 2.22. The lowest BCUT2D eigenvalue weighted by Crippen LogP contribution is -2.41. The highest BCUT2D eigenvalue weighted by Gasteiger charge is 2.29. The summed E-state index contributed by atoms with van der Waals surface area (Å²) in [5, 5.41) is 0. The molecule has 0 N–H and O–H groups in total. The van der Waals surface area contributed by atoms with E-state index in [-0.39, 0.29) is 0 Å². The Bertz CT molecular complexity index is 173. The van der Waals surface area contributed by atoms with E-state index >= 15 is 0 Å². The molecule has 12 heavy (non-hydrogen) atoms. The lowest BCUT2D eigenvalue weighted by molar-refractivity contribution is -0.125. The molecule has 1 saturated heterocycles. The van der Waals surface area contributed by atoms with Crippen molar-refractivity contribution in [2.75, 3.05) is 13.1 Å². The number of rotatable bonds is 1. The van der Waals surface area contributed by atoms with Gasteiger partial charge in [-0.1, -0.05) is 6.42 Å². The van der Waals surface area contributed by atoms with E-state index in [0.717, 1.165) is 32.4 Å². The van der Waals surface area contributed by atoms with Gasteiger partial charge in [0.15, 0.2) is 0 Å². The van der Waals surface area contributed by atoms with Crippen LogP contribution in [0.5, 0.6) is 0 Å². The molecule has 2 heteroatoms. The fraction of sp³-hybridized carbons (Fsp3) is 0.900. The Labute approximate surface area is 73.9 Å². The lowest BCUT2D eigenvalue weighted by Gasteiger charge is -2.29. The number of carbonyl (C=O) groups is 1. The molecule has 0 unspecified atom stereocenters. The van der Waals surface area contributed by atoms with E-state index in [1.807, 2.05) is 0 Å². The van der Waals surface area contributed by atoms with E-state index in [1.165, 1.54) is 19.3 Å². The van der Waals surface area contributed by atoms with Gasteiger partial charge in [-0.25, -0.2) is 0 Å².